The Morgan fingerprint density at radius 1 is 0.643 bits per heavy atom. The van der Waals surface area contributed by atoms with Crippen molar-refractivity contribution in [3.05, 3.63) is 0 Å². The second-order valence-corrected chi connectivity index (χ2v) is 15.7. The van der Waals surface area contributed by atoms with Crippen LogP contribution < -0.4 is 0 Å². The van der Waals surface area contributed by atoms with E-state index >= 15 is 0 Å². The van der Waals surface area contributed by atoms with E-state index in [0.717, 1.165) is 44.2 Å². The van der Waals surface area contributed by atoms with Crippen LogP contribution in [0.2, 0.25) is 0 Å². The normalized spacial score (nSPS) is 60.3. The molecule has 0 N–H and O–H groups in total. The first kappa shape index (κ1) is 28.8. The minimum absolute atomic E-state index is 0.0562. The summed E-state index contributed by atoms with van der Waals surface area (Å²) in [5, 5.41) is 0. The van der Waals surface area contributed by atoms with Gasteiger partial charge in [0.15, 0.2) is 23.8 Å². The Morgan fingerprint density at radius 3 is 1.71 bits per heavy atom. The van der Waals surface area contributed by atoms with Crippen LogP contribution in [-0.2, 0) is 38.5 Å². The van der Waals surface area contributed by atoms with Gasteiger partial charge >= 0.3 is 0 Å². The molecular weight excluding hydrogens is 538 g/mol. The molecule has 8 saturated heterocycles. The molecule has 2 aliphatic carbocycles. The van der Waals surface area contributed by atoms with Gasteiger partial charge in [0, 0.05) is 43.9 Å². The lowest BCUT2D eigenvalue weighted by molar-refractivity contribution is -0.571. The maximum Gasteiger partial charge on any atom is 0.201 e. The van der Waals surface area contributed by atoms with E-state index in [1.807, 2.05) is 20.9 Å². The third-order valence-corrected chi connectivity index (χ3v) is 13.5. The first-order valence-corrected chi connectivity index (χ1v) is 16.9. The molecule has 10 fully saturated rings. The fourth-order valence-corrected chi connectivity index (χ4v) is 11.0. The maximum absolute atomic E-state index is 6.98. The number of hydrogen-bond acceptors (Lipinski definition) is 9. The van der Waals surface area contributed by atoms with Gasteiger partial charge in [-0.3, -0.25) is 4.99 Å². The molecule has 8 aliphatic heterocycles. The summed E-state index contributed by atoms with van der Waals surface area (Å²) in [6.07, 6.45) is 7.77. The summed E-state index contributed by atoms with van der Waals surface area (Å²) >= 11 is 0. The molecule has 0 amide bonds. The van der Waals surface area contributed by atoms with Crippen LogP contribution in [0.4, 0.5) is 0 Å². The summed E-state index contributed by atoms with van der Waals surface area (Å²) in [6, 6.07) is 0. The Bertz CT molecular complexity index is 1120. The van der Waals surface area contributed by atoms with E-state index in [1.54, 1.807) is 0 Å². The molecule has 2 saturated carbocycles. The SMILES string of the molecule is C/N=C(/C[C@H]1O[C@@H]2O[C@]3(C)CC[C@H]4[C@H](C)CC[C@@H]([C@H]1C)[C@@]24OO3)[C@H]1O[C@@H]2O[C@]3(C)CC[C@H]4[C@H](C)CC[C@@H]([C@H]1C)[C@@]24OO3. The third kappa shape index (κ3) is 3.80. The molecule has 0 aromatic rings. The number of rotatable bonds is 3. The predicted molar refractivity (Wildman–Crippen MR) is 152 cm³/mol. The summed E-state index contributed by atoms with van der Waals surface area (Å²) in [7, 11) is 1.90. The molecule has 0 aromatic carbocycles. The van der Waals surface area contributed by atoms with Gasteiger partial charge < -0.3 is 18.9 Å². The Hall–Kier alpha value is -0.650. The molecule has 8 heterocycles. The van der Waals surface area contributed by atoms with Crippen molar-refractivity contribution >= 4 is 5.71 Å². The Kier molecular flexibility index (Phi) is 6.64. The number of aliphatic imine (C=N–C) groups is 1. The zero-order valence-electron chi connectivity index (χ0n) is 26.5. The Balaban J connectivity index is 1.08. The van der Waals surface area contributed by atoms with Crippen molar-refractivity contribution in [2.45, 2.75) is 147 Å². The van der Waals surface area contributed by atoms with Gasteiger partial charge in [-0.05, 0) is 87.9 Å². The van der Waals surface area contributed by atoms with Crippen LogP contribution in [0.25, 0.3) is 0 Å². The second kappa shape index (κ2) is 9.68. The van der Waals surface area contributed by atoms with Crippen LogP contribution in [0.15, 0.2) is 4.99 Å². The lowest BCUT2D eigenvalue weighted by Gasteiger charge is -2.61. The standard InChI is InChI=1S/C33H51NO8/c1-17-8-10-23-19(3)26(35-28-32(23)21(17)12-14-30(5,37-28)39-41-32)16-25(34-7)27-20(4)24-11-9-18(2)22-13-15-31(6)38-29(36-27)33(22,24)42-40-31/h17-24,26-29H,8-16H2,1-7H3/b34-25-/t17-,18-,19-,20-,21+,22+,23+,24+,26-,27+,28-,29-,30+,31+,32-,33-/m1/s1. The van der Waals surface area contributed by atoms with Crippen molar-refractivity contribution in [1.82, 2.24) is 0 Å². The highest BCUT2D eigenvalue weighted by Crippen LogP contribution is 2.63. The summed E-state index contributed by atoms with van der Waals surface area (Å²) in [5.74, 6) is 1.25. The molecule has 0 aromatic heterocycles. The van der Waals surface area contributed by atoms with Gasteiger partial charge in [0.2, 0.25) is 11.6 Å². The van der Waals surface area contributed by atoms with Crippen LogP contribution in [-0.4, -0.2) is 60.3 Å². The van der Waals surface area contributed by atoms with E-state index in [9.17, 15) is 0 Å². The van der Waals surface area contributed by atoms with E-state index in [0.29, 0.717) is 36.0 Å². The topological polar surface area (TPSA) is 86.2 Å². The predicted octanol–water partition coefficient (Wildman–Crippen LogP) is 5.95. The van der Waals surface area contributed by atoms with Crippen LogP contribution in [0, 0.1) is 47.3 Å². The quantitative estimate of drug-likeness (QED) is 0.295. The first-order valence-electron chi connectivity index (χ1n) is 16.9. The molecule has 236 valence electrons. The molecule has 0 radical (unpaired) electrons. The van der Waals surface area contributed by atoms with Crippen LogP contribution in [0.1, 0.15) is 99.3 Å². The number of nitrogens with zero attached hydrogens (tertiary/aromatic N) is 1. The monoisotopic (exact) mass is 589 g/mol. The first-order chi connectivity index (χ1) is 20.0. The molecule has 10 rings (SSSR count). The van der Waals surface area contributed by atoms with Crippen LogP contribution in [0.5, 0.6) is 0 Å². The van der Waals surface area contributed by atoms with Gasteiger partial charge in [-0.15, -0.1) is 0 Å². The number of fused-ring (bicyclic) bond motifs is 4. The van der Waals surface area contributed by atoms with Crippen molar-refractivity contribution in [3.8, 4) is 0 Å². The highest BCUT2D eigenvalue weighted by atomic mass is 17.3. The zero-order valence-corrected chi connectivity index (χ0v) is 26.5. The van der Waals surface area contributed by atoms with Gasteiger partial charge in [0.1, 0.15) is 6.10 Å². The molecule has 2 spiro atoms. The average molecular weight is 590 g/mol. The van der Waals surface area contributed by atoms with Crippen molar-refractivity contribution in [1.29, 1.82) is 0 Å². The summed E-state index contributed by atoms with van der Waals surface area (Å²) in [6.45, 7) is 13.3. The minimum atomic E-state index is -0.787. The smallest absolute Gasteiger partial charge is 0.201 e. The molecular formula is C33H51NO8. The largest absolute Gasteiger partial charge is 0.345 e. The fourth-order valence-electron chi connectivity index (χ4n) is 11.0. The fraction of sp³-hybridized carbons (Fsp3) is 0.970. The lowest BCUT2D eigenvalue weighted by Crippen LogP contribution is -2.71. The third-order valence-electron chi connectivity index (χ3n) is 13.5. The van der Waals surface area contributed by atoms with Gasteiger partial charge in [0.25, 0.3) is 0 Å². The summed E-state index contributed by atoms with van der Waals surface area (Å²) in [5.41, 5.74) is -0.0856. The molecule has 42 heavy (non-hydrogen) atoms. The molecule has 16 atom stereocenters. The minimum Gasteiger partial charge on any atom is -0.345 e. The highest BCUT2D eigenvalue weighted by molar-refractivity contribution is 5.89. The van der Waals surface area contributed by atoms with Gasteiger partial charge in [0.05, 0.1) is 6.10 Å². The van der Waals surface area contributed by atoms with Gasteiger partial charge in [-0.1, -0.05) is 27.7 Å². The van der Waals surface area contributed by atoms with Crippen LogP contribution >= 0.6 is 0 Å². The molecule has 4 bridgehead atoms. The maximum atomic E-state index is 6.98. The van der Waals surface area contributed by atoms with Crippen LogP contribution in [0.3, 0.4) is 0 Å². The molecule has 9 nitrogen and oxygen atoms in total. The average Bonchev–Trinajstić information content (AvgIpc) is 3.34. The van der Waals surface area contributed by atoms with Crippen molar-refractivity contribution < 1.29 is 38.5 Å². The zero-order chi connectivity index (χ0) is 29.2. The number of ether oxygens (including phenoxy) is 4. The molecule has 9 heteroatoms. The lowest BCUT2D eigenvalue weighted by atomic mass is 9.56. The van der Waals surface area contributed by atoms with E-state index in [2.05, 4.69) is 27.7 Å². The van der Waals surface area contributed by atoms with Crippen molar-refractivity contribution in [3.63, 3.8) is 0 Å². The highest BCUT2D eigenvalue weighted by Gasteiger charge is 2.71. The molecule has 10 aliphatic rings. The summed E-state index contributed by atoms with van der Waals surface area (Å²) in [4.78, 5) is 29.8. The van der Waals surface area contributed by atoms with Crippen molar-refractivity contribution in [2.24, 2.45) is 52.3 Å². The second-order valence-electron chi connectivity index (χ2n) is 15.7. The Morgan fingerprint density at radius 2 is 1.17 bits per heavy atom. The van der Waals surface area contributed by atoms with E-state index < -0.39 is 35.4 Å². The Labute approximate surface area is 250 Å². The van der Waals surface area contributed by atoms with E-state index in [4.69, 9.17) is 43.5 Å². The van der Waals surface area contributed by atoms with E-state index in [-0.39, 0.29) is 30.0 Å². The molecule has 0 unspecified atom stereocenters. The summed E-state index contributed by atoms with van der Waals surface area (Å²) < 4.78 is 27.2. The van der Waals surface area contributed by atoms with Gasteiger partial charge in [-0.25, -0.2) is 19.6 Å². The number of hydrogen-bond donors (Lipinski definition) is 0. The van der Waals surface area contributed by atoms with E-state index in [1.165, 1.54) is 12.8 Å². The van der Waals surface area contributed by atoms with Crippen molar-refractivity contribution in [2.75, 3.05) is 7.05 Å². The van der Waals surface area contributed by atoms with Gasteiger partial charge in [-0.2, -0.15) is 0 Å².